The first-order chi connectivity index (χ1) is 7.46. The van der Waals surface area contributed by atoms with E-state index in [1.165, 1.54) is 18.2 Å². The second-order valence-electron chi connectivity index (χ2n) is 3.38. The van der Waals surface area contributed by atoms with E-state index >= 15 is 0 Å². The average molecular weight is 243 g/mol. The predicted molar refractivity (Wildman–Crippen MR) is 56.0 cm³/mol. The van der Waals surface area contributed by atoms with Gasteiger partial charge in [0.05, 0.1) is 11.8 Å². The summed E-state index contributed by atoms with van der Waals surface area (Å²) in [4.78, 5) is 10.5. The molecule has 2 rings (SSSR count). The fourth-order valence-electron chi connectivity index (χ4n) is 1.38. The summed E-state index contributed by atoms with van der Waals surface area (Å²) in [5.41, 5.74) is 0. The molecule has 0 saturated heterocycles. The summed E-state index contributed by atoms with van der Waals surface area (Å²) in [6, 6.07) is 2.37. The number of aromatic carboxylic acids is 1. The molecule has 0 radical (unpaired) electrons. The van der Waals surface area contributed by atoms with Crippen LogP contribution in [0.25, 0.3) is 0 Å². The van der Waals surface area contributed by atoms with Crippen molar-refractivity contribution in [3.8, 4) is 0 Å². The zero-order chi connectivity index (χ0) is 11.8. The van der Waals surface area contributed by atoms with Gasteiger partial charge in [0.15, 0.2) is 15.7 Å². The highest BCUT2D eigenvalue weighted by molar-refractivity contribution is 7.94. The third kappa shape index (κ3) is 2.25. The number of sulfone groups is 1. The number of rotatable bonds is 3. The molecule has 1 aliphatic rings. The molecule has 16 heavy (non-hydrogen) atoms. The van der Waals surface area contributed by atoms with Crippen LogP contribution < -0.4 is 5.32 Å². The fourth-order valence-corrected chi connectivity index (χ4v) is 2.61. The summed E-state index contributed by atoms with van der Waals surface area (Å²) in [7, 11) is -3.13. The molecule has 0 amide bonds. The van der Waals surface area contributed by atoms with Gasteiger partial charge >= 0.3 is 5.97 Å². The van der Waals surface area contributed by atoms with E-state index in [-0.39, 0.29) is 23.4 Å². The van der Waals surface area contributed by atoms with Crippen LogP contribution in [-0.4, -0.2) is 31.3 Å². The summed E-state index contributed by atoms with van der Waals surface area (Å²) in [6.45, 7) is 0. The molecule has 0 fully saturated rings. The minimum Gasteiger partial charge on any atom is -0.475 e. The van der Waals surface area contributed by atoms with Crippen LogP contribution in [-0.2, 0) is 9.84 Å². The van der Waals surface area contributed by atoms with Gasteiger partial charge in [-0.1, -0.05) is 0 Å². The minimum absolute atomic E-state index is 0.0455. The Bertz CT molecular complexity index is 542. The van der Waals surface area contributed by atoms with Crippen molar-refractivity contribution in [3.05, 3.63) is 29.4 Å². The van der Waals surface area contributed by atoms with Crippen LogP contribution in [0.4, 0.5) is 5.88 Å². The van der Waals surface area contributed by atoms with Crippen LogP contribution in [0.3, 0.4) is 0 Å². The average Bonchev–Trinajstić information content (AvgIpc) is 2.73. The summed E-state index contributed by atoms with van der Waals surface area (Å²) in [6.07, 6.45) is 1.50. The molecule has 86 valence electrons. The summed E-state index contributed by atoms with van der Waals surface area (Å²) >= 11 is 0. The fraction of sp³-hybridized carbons (Fsp3) is 0.222. The van der Waals surface area contributed by atoms with Crippen molar-refractivity contribution in [2.24, 2.45) is 0 Å². The maximum absolute atomic E-state index is 11.1. The van der Waals surface area contributed by atoms with Gasteiger partial charge in [0.1, 0.15) is 0 Å². The van der Waals surface area contributed by atoms with Gasteiger partial charge in [-0.25, -0.2) is 13.2 Å². The molecule has 1 atom stereocenters. The molecule has 0 spiro atoms. The van der Waals surface area contributed by atoms with Crippen molar-refractivity contribution in [3.63, 3.8) is 0 Å². The van der Waals surface area contributed by atoms with Crippen molar-refractivity contribution >= 4 is 21.7 Å². The smallest absolute Gasteiger partial charge is 0.371 e. The molecular weight excluding hydrogens is 234 g/mol. The third-order valence-corrected chi connectivity index (χ3v) is 3.47. The number of hydrogen-bond donors (Lipinski definition) is 2. The largest absolute Gasteiger partial charge is 0.475 e. The lowest BCUT2D eigenvalue weighted by atomic mass is 10.3. The Balaban J connectivity index is 2.06. The molecule has 6 nitrogen and oxygen atoms in total. The van der Waals surface area contributed by atoms with E-state index in [1.54, 1.807) is 0 Å². The molecular formula is C9H9NO5S. The van der Waals surface area contributed by atoms with Gasteiger partial charge in [-0.15, -0.1) is 0 Å². The van der Waals surface area contributed by atoms with Gasteiger partial charge in [0, 0.05) is 11.5 Å². The van der Waals surface area contributed by atoms with Gasteiger partial charge < -0.3 is 14.8 Å². The first-order valence-corrected chi connectivity index (χ1v) is 6.18. The van der Waals surface area contributed by atoms with Crippen LogP contribution >= 0.6 is 0 Å². The molecule has 0 aliphatic carbocycles. The predicted octanol–water partition coefficient (Wildman–Crippen LogP) is 0.700. The molecule has 0 aromatic carbocycles. The Morgan fingerprint density at radius 1 is 1.50 bits per heavy atom. The molecule has 2 N–H and O–H groups in total. The monoisotopic (exact) mass is 243 g/mol. The van der Waals surface area contributed by atoms with E-state index in [0.29, 0.717) is 0 Å². The number of hydrogen-bond acceptors (Lipinski definition) is 5. The van der Waals surface area contributed by atoms with Crippen molar-refractivity contribution in [1.29, 1.82) is 0 Å². The van der Waals surface area contributed by atoms with Crippen LogP contribution in [0.2, 0.25) is 0 Å². The van der Waals surface area contributed by atoms with Gasteiger partial charge in [-0.05, 0) is 12.1 Å². The van der Waals surface area contributed by atoms with E-state index in [4.69, 9.17) is 9.52 Å². The first-order valence-electron chi connectivity index (χ1n) is 4.47. The molecule has 0 bridgehead atoms. The lowest BCUT2D eigenvalue weighted by Crippen LogP contribution is -2.20. The number of nitrogens with one attached hydrogen (secondary N) is 1. The topological polar surface area (TPSA) is 96.6 Å². The number of carbonyl (C=O) groups is 1. The second kappa shape index (κ2) is 3.67. The van der Waals surface area contributed by atoms with Crippen molar-refractivity contribution in [2.45, 2.75) is 6.04 Å². The number of carboxylic acid groups (broad SMARTS) is 1. The van der Waals surface area contributed by atoms with E-state index < -0.39 is 15.8 Å². The molecule has 1 aromatic rings. The highest BCUT2D eigenvalue weighted by atomic mass is 32.2. The van der Waals surface area contributed by atoms with Crippen molar-refractivity contribution < 1.29 is 22.7 Å². The molecule has 0 saturated carbocycles. The highest BCUT2D eigenvalue weighted by Crippen LogP contribution is 2.17. The van der Waals surface area contributed by atoms with Crippen LogP contribution in [0, 0.1) is 0 Å². The Kier molecular flexibility index (Phi) is 2.47. The second-order valence-corrected chi connectivity index (χ2v) is 5.31. The minimum atomic E-state index is -3.13. The quantitative estimate of drug-likeness (QED) is 0.811. The number of carboxylic acids is 1. The van der Waals surface area contributed by atoms with Crippen molar-refractivity contribution in [2.75, 3.05) is 11.1 Å². The van der Waals surface area contributed by atoms with Crippen LogP contribution in [0.1, 0.15) is 10.6 Å². The first kappa shape index (κ1) is 10.7. The molecule has 1 aromatic heterocycles. The van der Waals surface area contributed by atoms with Gasteiger partial charge in [0.2, 0.25) is 5.76 Å². The third-order valence-electron chi connectivity index (χ3n) is 2.07. The number of furan rings is 1. The summed E-state index contributed by atoms with van der Waals surface area (Å²) < 4.78 is 27.1. The molecule has 1 aliphatic heterocycles. The van der Waals surface area contributed by atoms with Crippen molar-refractivity contribution in [1.82, 2.24) is 0 Å². The van der Waals surface area contributed by atoms with E-state index in [9.17, 15) is 13.2 Å². The lowest BCUT2D eigenvalue weighted by Gasteiger charge is -2.07. The maximum Gasteiger partial charge on any atom is 0.371 e. The maximum atomic E-state index is 11.1. The normalized spacial score (nSPS) is 22.1. The molecule has 7 heteroatoms. The zero-order valence-corrected chi connectivity index (χ0v) is 8.90. The Labute approximate surface area is 91.5 Å². The highest BCUT2D eigenvalue weighted by Gasteiger charge is 2.22. The zero-order valence-electron chi connectivity index (χ0n) is 8.08. The molecule has 1 unspecified atom stereocenters. The van der Waals surface area contributed by atoms with E-state index in [2.05, 4.69) is 5.32 Å². The summed E-state index contributed by atoms with van der Waals surface area (Å²) in [5.74, 6) is -1.16. The Morgan fingerprint density at radius 3 is 2.75 bits per heavy atom. The Hall–Kier alpha value is -1.76. The SMILES string of the molecule is O=C(O)c1ccc(NC2C=CS(=O)(=O)C2)o1. The van der Waals surface area contributed by atoms with Gasteiger partial charge in [0.25, 0.3) is 0 Å². The Morgan fingerprint density at radius 2 is 2.25 bits per heavy atom. The van der Waals surface area contributed by atoms with Crippen LogP contribution in [0.5, 0.6) is 0 Å². The van der Waals surface area contributed by atoms with Crippen LogP contribution in [0.15, 0.2) is 28.0 Å². The number of anilines is 1. The lowest BCUT2D eigenvalue weighted by molar-refractivity contribution is 0.0663. The van der Waals surface area contributed by atoms with Gasteiger partial charge in [-0.2, -0.15) is 0 Å². The molecule has 2 heterocycles. The summed E-state index contributed by atoms with van der Waals surface area (Å²) in [5, 5.41) is 12.5. The van der Waals surface area contributed by atoms with E-state index in [1.807, 2.05) is 0 Å². The standard InChI is InChI=1S/C9H9NO5S/c11-9(12)7-1-2-8(15-7)10-6-3-4-16(13,14)5-6/h1-4,6,10H,5H2,(H,11,12). The van der Waals surface area contributed by atoms with Gasteiger partial charge in [-0.3, -0.25) is 0 Å². The van der Waals surface area contributed by atoms with E-state index in [0.717, 1.165) is 5.41 Å².